The third-order valence-electron chi connectivity index (χ3n) is 4.34. The summed E-state index contributed by atoms with van der Waals surface area (Å²) >= 11 is 0. The van der Waals surface area contributed by atoms with Crippen LogP contribution in [-0.4, -0.2) is 18.3 Å². The smallest absolute Gasteiger partial charge is 0.420 e. The maximum Gasteiger partial charge on any atom is 0.420 e. The SMILES string of the molecule is COc1cc(Cn2c(=O)oc3ccc(C)cc32)ccc1OCCC(C)C. The molecule has 0 N–H and O–H groups in total. The van der Waals surface area contributed by atoms with Crippen LogP contribution in [0.2, 0.25) is 0 Å². The highest BCUT2D eigenvalue weighted by molar-refractivity contribution is 5.73. The third-order valence-corrected chi connectivity index (χ3v) is 4.34. The maximum atomic E-state index is 12.2. The van der Waals surface area contributed by atoms with Gasteiger partial charge in [0, 0.05) is 0 Å². The monoisotopic (exact) mass is 355 g/mol. The second-order valence-electron chi connectivity index (χ2n) is 6.94. The molecule has 0 unspecified atom stereocenters. The van der Waals surface area contributed by atoms with Gasteiger partial charge in [0.2, 0.25) is 0 Å². The number of hydrogen-bond acceptors (Lipinski definition) is 4. The Balaban J connectivity index is 1.85. The summed E-state index contributed by atoms with van der Waals surface area (Å²) in [4.78, 5) is 12.2. The highest BCUT2D eigenvalue weighted by Crippen LogP contribution is 2.29. The number of ether oxygens (including phenoxy) is 2. The maximum absolute atomic E-state index is 12.2. The van der Waals surface area contributed by atoms with Crippen LogP contribution in [0.4, 0.5) is 0 Å². The van der Waals surface area contributed by atoms with Crippen molar-refractivity contribution in [2.75, 3.05) is 13.7 Å². The molecule has 1 aromatic heterocycles. The molecule has 0 spiro atoms. The molecule has 1 heterocycles. The quantitative estimate of drug-likeness (QED) is 0.631. The Morgan fingerprint density at radius 2 is 1.92 bits per heavy atom. The van der Waals surface area contributed by atoms with Crippen molar-refractivity contribution in [1.29, 1.82) is 0 Å². The van der Waals surface area contributed by atoms with Gasteiger partial charge in [-0.1, -0.05) is 26.0 Å². The van der Waals surface area contributed by atoms with Gasteiger partial charge >= 0.3 is 5.76 Å². The molecule has 0 atom stereocenters. The van der Waals surface area contributed by atoms with E-state index in [1.165, 1.54) is 0 Å². The lowest BCUT2D eigenvalue weighted by Crippen LogP contribution is -2.15. The minimum atomic E-state index is -0.359. The first-order valence-electron chi connectivity index (χ1n) is 8.87. The molecule has 138 valence electrons. The third kappa shape index (κ3) is 3.93. The summed E-state index contributed by atoms with van der Waals surface area (Å²) in [7, 11) is 1.62. The first-order valence-corrected chi connectivity index (χ1v) is 8.87. The number of aromatic nitrogens is 1. The van der Waals surface area contributed by atoms with Crippen LogP contribution in [0.25, 0.3) is 11.1 Å². The molecule has 0 aliphatic heterocycles. The Morgan fingerprint density at radius 3 is 2.65 bits per heavy atom. The summed E-state index contributed by atoms with van der Waals surface area (Å²) in [5, 5.41) is 0. The van der Waals surface area contributed by atoms with Gasteiger partial charge in [0.15, 0.2) is 17.1 Å². The lowest BCUT2D eigenvalue weighted by Gasteiger charge is -2.13. The zero-order valence-electron chi connectivity index (χ0n) is 15.7. The van der Waals surface area contributed by atoms with Gasteiger partial charge in [0.1, 0.15) is 0 Å². The Labute approximate surface area is 153 Å². The number of hydrogen-bond donors (Lipinski definition) is 0. The summed E-state index contributed by atoms with van der Waals surface area (Å²) in [6.45, 7) is 7.39. The largest absolute Gasteiger partial charge is 0.493 e. The first-order chi connectivity index (χ1) is 12.5. The van der Waals surface area contributed by atoms with E-state index in [-0.39, 0.29) is 5.76 Å². The summed E-state index contributed by atoms with van der Waals surface area (Å²) < 4.78 is 18.3. The molecule has 2 aromatic carbocycles. The summed E-state index contributed by atoms with van der Waals surface area (Å²) in [6.07, 6.45) is 0.987. The van der Waals surface area contributed by atoms with Crippen LogP contribution in [0.1, 0.15) is 31.4 Å². The summed E-state index contributed by atoms with van der Waals surface area (Å²) in [5.41, 5.74) is 3.43. The summed E-state index contributed by atoms with van der Waals surface area (Å²) in [5.74, 6) is 1.62. The molecule has 26 heavy (non-hydrogen) atoms. The molecule has 0 radical (unpaired) electrons. The highest BCUT2D eigenvalue weighted by atomic mass is 16.5. The van der Waals surface area contributed by atoms with Gasteiger partial charge in [-0.05, 0) is 54.7 Å². The average Bonchev–Trinajstić information content (AvgIpc) is 2.91. The molecular weight excluding hydrogens is 330 g/mol. The molecule has 3 rings (SSSR count). The molecule has 3 aromatic rings. The van der Waals surface area contributed by atoms with Crippen LogP contribution < -0.4 is 15.2 Å². The predicted octanol–water partition coefficient (Wildman–Crippen LogP) is 4.38. The Bertz CT molecular complexity index is 952. The Morgan fingerprint density at radius 1 is 1.12 bits per heavy atom. The van der Waals surface area contributed by atoms with E-state index in [4.69, 9.17) is 13.9 Å². The number of aryl methyl sites for hydroxylation is 1. The normalized spacial score (nSPS) is 11.3. The van der Waals surface area contributed by atoms with Gasteiger partial charge in [0.05, 0.1) is 25.8 Å². The standard InChI is InChI=1S/C21H25NO4/c1-14(2)9-10-25-19-8-6-16(12-20(19)24-4)13-22-17-11-15(3)5-7-18(17)26-21(22)23/h5-8,11-12,14H,9-10,13H2,1-4H3. The van der Waals surface area contributed by atoms with Gasteiger partial charge in [-0.15, -0.1) is 0 Å². The molecule has 0 saturated heterocycles. The number of nitrogens with zero attached hydrogens (tertiary/aromatic N) is 1. The van der Waals surface area contributed by atoms with Gasteiger partial charge < -0.3 is 13.9 Å². The minimum Gasteiger partial charge on any atom is -0.493 e. The number of benzene rings is 2. The van der Waals surface area contributed by atoms with Crippen molar-refractivity contribution in [3.05, 3.63) is 58.1 Å². The zero-order valence-corrected chi connectivity index (χ0v) is 15.7. The second-order valence-corrected chi connectivity index (χ2v) is 6.94. The fourth-order valence-corrected chi connectivity index (χ4v) is 2.84. The van der Waals surface area contributed by atoms with Crippen LogP contribution in [0, 0.1) is 12.8 Å². The van der Waals surface area contributed by atoms with E-state index in [0.29, 0.717) is 30.4 Å². The van der Waals surface area contributed by atoms with E-state index in [1.807, 2.05) is 43.3 Å². The highest BCUT2D eigenvalue weighted by Gasteiger charge is 2.12. The molecule has 0 aliphatic rings. The van der Waals surface area contributed by atoms with Crippen molar-refractivity contribution in [3.63, 3.8) is 0 Å². The fraction of sp³-hybridized carbons (Fsp3) is 0.381. The molecule has 0 saturated carbocycles. The number of oxazole rings is 1. The molecule has 0 fully saturated rings. The number of fused-ring (bicyclic) bond motifs is 1. The van der Waals surface area contributed by atoms with Crippen molar-refractivity contribution in [2.24, 2.45) is 5.92 Å². The van der Waals surface area contributed by atoms with E-state index in [2.05, 4.69) is 13.8 Å². The Kier molecular flexibility index (Phi) is 5.35. The lowest BCUT2D eigenvalue weighted by molar-refractivity contribution is 0.273. The molecule has 0 amide bonds. The van der Waals surface area contributed by atoms with Crippen molar-refractivity contribution in [2.45, 2.75) is 33.7 Å². The van der Waals surface area contributed by atoms with Gasteiger partial charge in [-0.2, -0.15) is 0 Å². The molecule has 5 heteroatoms. The average molecular weight is 355 g/mol. The van der Waals surface area contributed by atoms with Crippen molar-refractivity contribution in [3.8, 4) is 11.5 Å². The van der Waals surface area contributed by atoms with E-state index in [0.717, 1.165) is 28.8 Å². The fourth-order valence-electron chi connectivity index (χ4n) is 2.84. The predicted molar refractivity (Wildman–Crippen MR) is 102 cm³/mol. The van der Waals surface area contributed by atoms with E-state index < -0.39 is 0 Å². The molecule has 0 bridgehead atoms. The van der Waals surface area contributed by atoms with Crippen LogP contribution in [0.15, 0.2) is 45.6 Å². The molecular formula is C21H25NO4. The van der Waals surface area contributed by atoms with Gasteiger partial charge in [-0.3, -0.25) is 4.57 Å². The van der Waals surface area contributed by atoms with Crippen LogP contribution in [0.5, 0.6) is 11.5 Å². The van der Waals surface area contributed by atoms with E-state index in [9.17, 15) is 4.79 Å². The van der Waals surface area contributed by atoms with Crippen molar-refractivity contribution >= 4 is 11.1 Å². The van der Waals surface area contributed by atoms with Crippen LogP contribution in [-0.2, 0) is 6.54 Å². The van der Waals surface area contributed by atoms with Gasteiger partial charge in [0.25, 0.3) is 0 Å². The topological polar surface area (TPSA) is 53.6 Å². The second kappa shape index (κ2) is 7.68. The number of rotatable bonds is 7. The van der Waals surface area contributed by atoms with E-state index >= 15 is 0 Å². The Hall–Kier alpha value is -2.69. The van der Waals surface area contributed by atoms with Gasteiger partial charge in [-0.25, -0.2) is 4.79 Å². The molecule has 5 nitrogen and oxygen atoms in total. The minimum absolute atomic E-state index is 0.359. The lowest BCUT2D eigenvalue weighted by atomic mass is 10.1. The molecule has 0 aliphatic carbocycles. The van der Waals surface area contributed by atoms with Crippen molar-refractivity contribution in [1.82, 2.24) is 4.57 Å². The number of methoxy groups -OCH3 is 1. The zero-order chi connectivity index (χ0) is 18.7. The van der Waals surface area contributed by atoms with E-state index in [1.54, 1.807) is 11.7 Å². The van der Waals surface area contributed by atoms with Crippen molar-refractivity contribution < 1.29 is 13.9 Å². The first kappa shape index (κ1) is 18.1. The van der Waals surface area contributed by atoms with Crippen LogP contribution in [0.3, 0.4) is 0 Å². The summed E-state index contributed by atoms with van der Waals surface area (Å²) in [6, 6.07) is 11.5. The van der Waals surface area contributed by atoms with Crippen LogP contribution >= 0.6 is 0 Å².